The summed E-state index contributed by atoms with van der Waals surface area (Å²) >= 11 is 1.45. The molecule has 1 atom stereocenters. The summed E-state index contributed by atoms with van der Waals surface area (Å²) in [5, 5.41) is 12.4. The van der Waals surface area contributed by atoms with E-state index in [1.54, 1.807) is 19.5 Å². The number of amides is 2. The maximum absolute atomic E-state index is 13.2. The fourth-order valence-corrected chi connectivity index (χ4v) is 6.06. The Hall–Kier alpha value is -3.51. The molecule has 0 radical (unpaired) electrons. The van der Waals surface area contributed by atoms with Gasteiger partial charge in [0.1, 0.15) is 5.82 Å². The Bertz CT molecular complexity index is 1490. The minimum atomic E-state index is -4.61. The van der Waals surface area contributed by atoms with Crippen LogP contribution in [0.2, 0.25) is 0 Å². The van der Waals surface area contributed by atoms with Crippen molar-refractivity contribution in [3.8, 4) is 0 Å². The highest BCUT2D eigenvalue weighted by Gasteiger charge is 2.50. The molecule has 1 saturated carbocycles. The van der Waals surface area contributed by atoms with E-state index in [9.17, 15) is 32.7 Å². The molecule has 5 rings (SSSR count). The van der Waals surface area contributed by atoms with Crippen molar-refractivity contribution >= 4 is 23.2 Å². The molecule has 2 aromatic heterocycles. The van der Waals surface area contributed by atoms with Crippen LogP contribution in [0, 0.1) is 0 Å². The zero-order valence-corrected chi connectivity index (χ0v) is 22.2. The third kappa shape index (κ3) is 5.10. The van der Waals surface area contributed by atoms with E-state index in [1.807, 2.05) is 6.07 Å². The molecule has 3 aromatic rings. The summed E-state index contributed by atoms with van der Waals surface area (Å²) in [7, 11) is 3.37. The maximum Gasteiger partial charge on any atom is 0.416 e. The summed E-state index contributed by atoms with van der Waals surface area (Å²) in [5.41, 5.74) is -0.547. The van der Waals surface area contributed by atoms with Crippen LogP contribution in [0.5, 0.6) is 0 Å². The third-order valence-corrected chi connectivity index (χ3v) is 8.43. The summed E-state index contributed by atoms with van der Waals surface area (Å²) in [6.07, 6.45) is -3.95. The number of hydrogen-bond acceptors (Lipinski definition) is 6. The van der Waals surface area contributed by atoms with E-state index < -0.39 is 34.7 Å². The van der Waals surface area contributed by atoms with E-state index in [2.05, 4.69) is 4.98 Å². The Balaban J connectivity index is 1.39. The van der Waals surface area contributed by atoms with Crippen molar-refractivity contribution in [1.29, 1.82) is 0 Å². The zero-order valence-electron chi connectivity index (χ0n) is 21.3. The van der Waals surface area contributed by atoms with E-state index in [4.69, 9.17) is 4.98 Å². The molecule has 0 saturated heterocycles. The van der Waals surface area contributed by atoms with Gasteiger partial charge in [-0.1, -0.05) is 12.1 Å². The van der Waals surface area contributed by atoms with Gasteiger partial charge < -0.3 is 19.9 Å². The molecular formula is C27H27F3N4O4S. The summed E-state index contributed by atoms with van der Waals surface area (Å²) in [6.45, 7) is 0.104. The van der Waals surface area contributed by atoms with E-state index in [-0.39, 0.29) is 24.6 Å². The van der Waals surface area contributed by atoms with Gasteiger partial charge in [0.05, 0.1) is 34.3 Å². The lowest BCUT2D eigenvalue weighted by Gasteiger charge is -2.24. The molecule has 1 aliphatic carbocycles. The van der Waals surface area contributed by atoms with Gasteiger partial charge in [0.15, 0.2) is 6.10 Å². The molecule has 2 aliphatic rings. The van der Waals surface area contributed by atoms with Crippen molar-refractivity contribution in [2.24, 2.45) is 0 Å². The van der Waals surface area contributed by atoms with E-state index >= 15 is 0 Å². The number of aliphatic hydroxyl groups excluding tert-OH is 1. The summed E-state index contributed by atoms with van der Waals surface area (Å²) < 4.78 is 39.3. The van der Waals surface area contributed by atoms with Crippen molar-refractivity contribution in [2.75, 3.05) is 20.6 Å². The molecule has 8 nitrogen and oxygen atoms in total. The average Bonchev–Trinajstić information content (AvgIpc) is 3.61. The number of aryl methyl sites for hydroxylation is 1. The molecule has 3 heterocycles. The Morgan fingerprint density at radius 1 is 1.23 bits per heavy atom. The maximum atomic E-state index is 13.2. The van der Waals surface area contributed by atoms with E-state index in [0.717, 1.165) is 35.9 Å². The molecule has 206 valence electrons. The number of halogens is 3. The highest BCUT2D eigenvalue weighted by Crippen LogP contribution is 2.54. The molecule has 0 spiro atoms. The summed E-state index contributed by atoms with van der Waals surface area (Å²) in [5.74, 6) is -0.351. The number of carbonyl (C=O) groups is 2. The molecule has 12 heteroatoms. The van der Waals surface area contributed by atoms with Gasteiger partial charge in [-0.3, -0.25) is 14.4 Å². The molecule has 0 unspecified atom stereocenters. The zero-order chi connectivity index (χ0) is 28.1. The van der Waals surface area contributed by atoms with Crippen molar-refractivity contribution in [3.63, 3.8) is 0 Å². The second kappa shape index (κ2) is 9.91. The topological polar surface area (TPSA) is 107 Å². The predicted molar refractivity (Wildman–Crippen MR) is 137 cm³/mol. The number of hydrogen-bond donors (Lipinski definition) is 2. The number of alkyl halides is 3. The smallest absolute Gasteiger partial charge is 0.378 e. The average molecular weight is 561 g/mol. The first-order valence-corrected chi connectivity index (χ1v) is 13.4. The van der Waals surface area contributed by atoms with Gasteiger partial charge in [-0.25, -0.2) is 4.98 Å². The number of fused-ring (bicyclic) bond motifs is 1. The highest BCUT2D eigenvalue weighted by molar-refractivity contribution is 7.10. The molecule has 0 bridgehead atoms. The number of nitrogens with one attached hydrogen (secondary N) is 1. The number of aromatic nitrogens is 2. The molecular weight excluding hydrogens is 533 g/mol. The molecule has 39 heavy (non-hydrogen) atoms. The number of aromatic amines is 1. The lowest BCUT2D eigenvalue weighted by molar-refractivity contribution is -0.142. The Morgan fingerprint density at radius 2 is 1.97 bits per heavy atom. The fourth-order valence-electron chi connectivity index (χ4n) is 4.92. The molecule has 1 fully saturated rings. The van der Waals surface area contributed by atoms with Gasteiger partial charge in [-0.05, 0) is 49.4 Å². The Labute approximate surface area is 226 Å². The van der Waals surface area contributed by atoms with Gasteiger partial charge in [-0.15, -0.1) is 11.3 Å². The Morgan fingerprint density at radius 3 is 2.64 bits per heavy atom. The largest absolute Gasteiger partial charge is 0.416 e. The first-order valence-electron chi connectivity index (χ1n) is 12.5. The number of aliphatic hydroxyl groups is 1. The van der Waals surface area contributed by atoms with Gasteiger partial charge in [0.2, 0.25) is 0 Å². The van der Waals surface area contributed by atoms with Crippen LogP contribution in [0.3, 0.4) is 0 Å². The number of H-pyrrole nitrogens is 1. The van der Waals surface area contributed by atoms with Crippen molar-refractivity contribution in [2.45, 2.75) is 49.9 Å². The van der Waals surface area contributed by atoms with Gasteiger partial charge in [0.25, 0.3) is 17.4 Å². The first-order chi connectivity index (χ1) is 18.4. The summed E-state index contributed by atoms with van der Waals surface area (Å²) in [6, 6.07) is 5.88. The van der Waals surface area contributed by atoms with Crippen molar-refractivity contribution in [1.82, 2.24) is 19.8 Å². The summed E-state index contributed by atoms with van der Waals surface area (Å²) in [4.78, 5) is 50.1. The standard InChI is InChI=1S/C27H27F3N4O4S/c1-33(2)23(37)16-12-20(39-14-16)26(8-9-26)25-31-19-7-4-10-34(13-18(19)22(36)32-25)24(38)21(35)15-5-3-6-17(11-15)27(28,29)30/h3,5-6,11-12,14,21,35H,4,7-10,13H2,1-2H3,(H,31,32,36)/t21-/m1/s1. The quantitative estimate of drug-likeness (QED) is 0.496. The molecule has 2 N–H and O–H groups in total. The normalized spacial score (nSPS) is 17.2. The molecule has 1 aromatic carbocycles. The second-order valence-electron chi connectivity index (χ2n) is 10.2. The van der Waals surface area contributed by atoms with Gasteiger partial charge >= 0.3 is 6.18 Å². The monoisotopic (exact) mass is 560 g/mol. The predicted octanol–water partition coefficient (Wildman–Crippen LogP) is 3.64. The Kier molecular flexibility index (Phi) is 6.88. The minimum absolute atomic E-state index is 0.103. The van der Waals surface area contributed by atoms with E-state index in [1.165, 1.54) is 27.2 Å². The van der Waals surface area contributed by atoms with Gasteiger partial charge in [0, 0.05) is 30.9 Å². The minimum Gasteiger partial charge on any atom is -0.378 e. The number of benzene rings is 1. The van der Waals surface area contributed by atoms with E-state index in [0.29, 0.717) is 35.5 Å². The van der Waals surface area contributed by atoms with Crippen LogP contribution in [0.25, 0.3) is 0 Å². The van der Waals surface area contributed by atoms with Crippen LogP contribution in [0.15, 0.2) is 40.5 Å². The third-order valence-electron chi connectivity index (χ3n) is 7.29. The highest BCUT2D eigenvalue weighted by atomic mass is 32.1. The number of thiophene rings is 1. The van der Waals surface area contributed by atoms with Crippen LogP contribution < -0.4 is 5.56 Å². The SMILES string of the molecule is CN(C)C(=O)c1csc(C2(c3nc4c(c(=O)[nH]3)CN(C(=O)[C@H](O)c3cccc(C(F)(F)F)c3)CCC4)CC2)c1. The number of carbonyl (C=O) groups excluding carboxylic acids is 2. The van der Waals surface area contributed by atoms with Crippen molar-refractivity contribution < 1.29 is 27.9 Å². The van der Waals surface area contributed by atoms with Crippen LogP contribution >= 0.6 is 11.3 Å². The van der Waals surface area contributed by atoms with Crippen LogP contribution in [-0.4, -0.2) is 57.3 Å². The number of nitrogens with zero attached hydrogens (tertiary/aromatic N) is 3. The van der Waals surface area contributed by atoms with Crippen LogP contribution in [-0.2, 0) is 29.4 Å². The second-order valence-corrected chi connectivity index (χ2v) is 11.1. The molecule has 1 aliphatic heterocycles. The molecule has 2 amide bonds. The number of rotatable bonds is 5. The lowest BCUT2D eigenvalue weighted by Crippen LogP contribution is -2.36. The fraction of sp³-hybridized carbons (Fsp3) is 0.407. The first kappa shape index (κ1) is 27.1. The van der Waals surface area contributed by atoms with Crippen LogP contribution in [0.4, 0.5) is 13.2 Å². The van der Waals surface area contributed by atoms with Crippen LogP contribution in [0.1, 0.15) is 68.8 Å². The lowest BCUT2D eigenvalue weighted by atomic mass is 10.0. The van der Waals surface area contributed by atoms with Gasteiger partial charge in [-0.2, -0.15) is 13.2 Å². The van der Waals surface area contributed by atoms with Crippen molar-refractivity contribution in [3.05, 3.63) is 84.7 Å².